The van der Waals surface area contributed by atoms with E-state index in [-0.39, 0.29) is 43.0 Å². The highest BCUT2D eigenvalue weighted by Gasteiger charge is 2.35. The van der Waals surface area contributed by atoms with Crippen LogP contribution in [-0.4, -0.2) is 43.0 Å². The zero-order valence-electron chi connectivity index (χ0n) is 24.0. The molecule has 0 aliphatic heterocycles. The van der Waals surface area contributed by atoms with Crippen LogP contribution in [-0.2, 0) is 14.4 Å². The lowest BCUT2D eigenvalue weighted by atomic mass is 9.94. The molecule has 3 amide bonds. The quantitative estimate of drug-likeness (QED) is 0.264. The minimum atomic E-state index is -0.999. The van der Waals surface area contributed by atoms with Crippen molar-refractivity contribution in [3.05, 3.63) is 77.4 Å². The Morgan fingerprint density at radius 1 is 0.976 bits per heavy atom. The van der Waals surface area contributed by atoms with Crippen LogP contribution in [0.25, 0.3) is 0 Å². The van der Waals surface area contributed by atoms with E-state index in [1.54, 1.807) is 74.0 Å². The summed E-state index contributed by atoms with van der Waals surface area (Å²) in [4.78, 5) is 46.2. The summed E-state index contributed by atoms with van der Waals surface area (Å²) in [5.74, 6) is 0.495. The molecule has 1 aliphatic carbocycles. The van der Waals surface area contributed by atoms with Crippen LogP contribution < -0.4 is 25.0 Å². The van der Waals surface area contributed by atoms with Crippen LogP contribution in [0, 0.1) is 0 Å². The maximum Gasteiger partial charge on any atom is 0.248 e. The van der Waals surface area contributed by atoms with Gasteiger partial charge >= 0.3 is 0 Å². The van der Waals surface area contributed by atoms with E-state index < -0.39 is 6.04 Å². The van der Waals surface area contributed by atoms with Crippen molar-refractivity contribution in [1.82, 2.24) is 10.3 Å². The number of carbonyl (C=O) groups excluding carboxylic acids is 3. The number of rotatable bonds is 12. The summed E-state index contributed by atoms with van der Waals surface area (Å²) in [6.45, 7) is 0. The summed E-state index contributed by atoms with van der Waals surface area (Å²) < 4.78 is 11.0. The van der Waals surface area contributed by atoms with Crippen LogP contribution in [0.2, 0.25) is 5.02 Å². The van der Waals surface area contributed by atoms with Gasteiger partial charge in [0.25, 0.3) is 0 Å². The summed E-state index contributed by atoms with van der Waals surface area (Å²) in [6, 6.07) is 16.3. The Hall–Kier alpha value is -4.11. The molecule has 10 heteroatoms. The van der Waals surface area contributed by atoms with Crippen molar-refractivity contribution >= 4 is 40.8 Å². The topological polar surface area (TPSA) is 110 Å². The monoisotopic (exact) mass is 592 g/mol. The van der Waals surface area contributed by atoms with E-state index >= 15 is 0 Å². The predicted molar refractivity (Wildman–Crippen MR) is 163 cm³/mol. The Morgan fingerprint density at radius 3 is 2.40 bits per heavy atom. The van der Waals surface area contributed by atoms with E-state index in [2.05, 4.69) is 15.6 Å². The molecule has 42 heavy (non-hydrogen) atoms. The molecule has 0 unspecified atom stereocenters. The maximum absolute atomic E-state index is 14.1. The largest absolute Gasteiger partial charge is 0.497 e. The summed E-state index contributed by atoms with van der Waals surface area (Å²) in [5.41, 5.74) is 1.02. The first-order valence-corrected chi connectivity index (χ1v) is 14.6. The first-order valence-electron chi connectivity index (χ1n) is 14.2. The molecule has 1 fully saturated rings. The Bertz CT molecular complexity index is 1350. The lowest BCUT2D eigenvalue weighted by molar-refractivity contribution is -0.127. The standard InChI is InChI=1S/C32H37ClN4O5/c1-41-25-18-19-26(27(21-25)42-2)37(30(39)13-8-12-29(38)36-28-11-6-7-20-34-28)31(22-14-16-23(33)17-15-22)32(40)35-24-9-4-3-5-10-24/h6-7,11,14-21,24,31H,3-5,8-10,12-13H2,1-2H3,(H,35,40)(H,34,36,38)/t31-/m0/s1. The van der Waals surface area contributed by atoms with E-state index in [1.165, 1.54) is 12.0 Å². The number of aromatic nitrogens is 1. The summed E-state index contributed by atoms with van der Waals surface area (Å²) in [5, 5.41) is 6.45. The van der Waals surface area contributed by atoms with Crippen molar-refractivity contribution in [3.63, 3.8) is 0 Å². The third-order valence-corrected chi connectivity index (χ3v) is 7.54. The molecule has 1 atom stereocenters. The second-order valence-corrected chi connectivity index (χ2v) is 10.7. The second kappa shape index (κ2) is 15.2. The minimum absolute atomic E-state index is 0.0195. The van der Waals surface area contributed by atoms with E-state index in [1.807, 2.05) is 0 Å². The number of hydrogen-bond donors (Lipinski definition) is 2. The number of nitrogens with zero attached hydrogens (tertiary/aromatic N) is 2. The van der Waals surface area contributed by atoms with Crippen LogP contribution in [0.3, 0.4) is 0 Å². The molecule has 2 N–H and O–H groups in total. The number of carbonyl (C=O) groups is 3. The van der Waals surface area contributed by atoms with Crippen molar-refractivity contribution in [2.45, 2.75) is 63.5 Å². The molecular weight excluding hydrogens is 556 g/mol. The van der Waals surface area contributed by atoms with Gasteiger partial charge in [-0.05, 0) is 61.2 Å². The fourth-order valence-corrected chi connectivity index (χ4v) is 5.28. The number of anilines is 2. The number of benzene rings is 2. The number of hydrogen-bond acceptors (Lipinski definition) is 6. The highest BCUT2D eigenvalue weighted by molar-refractivity contribution is 6.30. The van der Waals surface area contributed by atoms with E-state index in [9.17, 15) is 14.4 Å². The zero-order valence-corrected chi connectivity index (χ0v) is 24.7. The molecular formula is C32H37ClN4O5. The Morgan fingerprint density at radius 2 is 1.74 bits per heavy atom. The van der Waals surface area contributed by atoms with Crippen LogP contribution in [0.4, 0.5) is 11.5 Å². The number of nitrogens with one attached hydrogen (secondary N) is 2. The van der Waals surface area contributed by atoms with Gasteiger partial charge in [0.2, 0.25) is 17.7 Å². The molecule has 1 aromatic heterocycles. The van der Waals surface area contributed by atoms with Crippen LogP contribution in [0.5, 0.6) is 11.5 Å². The average molecular weight is 593 g/mol. The van der Waals surface area contributed by atoms with Crippen LogP contribution in [0.15, 0.2) is 66.9 Å². The van der Waals surface area contributed by atoms with Crippen LogP contribution in [0.1, 0.15) is 63.0 Å². The minimum Gasteiger partial charge on any atom is -0.497 e. The number of ether oxygens (including phenoxy) is 2. The summed E-state index contributed by atoms with van der Waals surface area (Å²) in [6.07, 6.45) is 7.02. The van der Waals surface area contributed by atoms with Gasteiger partial charge in [0.05, 0.1) is 19.9 Å². The van der Waals surface area contributed by atoms with Gasteiger partial charge in [0, 0.05) is 36.2 Å². The molecule has 1 saturated carbocycles. The van der Waals surface area contributed by atoms with Crippen molar-refractivity contribution < 1.29 is 23.9 Å². The van der Waals surface area contributed by atoms with Gasteiger partial charge in [0.1, 0.15) is 23.4 Å². The lowest BCUT2D eigenvalue weighted by Crippen LogP contribution is -2.47. The highest BCUT2D eigenvalue weighted by atomic mass is 35.5. The fraction of sp³-hybridized carbons (Fsp3) is 0.375. The van der Waals surface area contributed by atoms with Gasteiger partial charge in [-0.3, -0.25) is 19.3 Å². The number of amides is 3. The van der Waals surface area contributed by atoms with Crippen LogP contribution >= 0.6 is 11.6 Å². The third-order valence-electron chi connectivity index (χ3n) is 7.29. The summed E-state index contributed by atoms with van der Waals surface area (Å²) >= 11 is 6.19. The predicted octanol–water partition coefficient (Wildman–Crippen LogP) is 6.08. The van der Waals surface area contributed by atoms with E-state index in [0.29, 0.717) is 33.6 Å². The van der Waals surface area contributed by atoms with E-state index in [0.717, 1.165) is 32.1 Å². The van der Waals surface area contributed by atoms with Crippen molar-refractivity contribution in [1.29, 1.82) is 0 Å². The average Bonchev–Trinajstić information content (AvgIpc) is 3.01. The maximum atomic E-state index is 14.1. The normalized spacial score (nSPS) is 14.0. The smallest absolute Gasteiger partial charge is 0.248 e. The fourth-order valence-electron chi connectivity index (χ4n) is 5.15. The lowest BCUT2D eigenvalue weighted by Gasteiger charge is -2.34. The van der Waals surface area contributed by atoms with Gasteiger partial charge in [0.15, 0.2) is 0 Å². The molecule has 0 radical (unpaired) electrons. The van der Waals surface area contributed by atoms with Gasteiger partial charge in [-0.1, -0.05) is 49.1 Å². The molecule has 2 aromatic carbocycles. The Balaban J connectivity index is 1.65. The van der Waals surface area contributed by atoms with Crippen molar-refractivity contribution in [2.24, 2.45) is 0 Å². The number of halogens is 1. The molecule has 222 valence electrons. The van der Waals surface area contributed by atoms with Gasteiger partial charge in [-0.15, -0.1) is 0 Å². The molecule has 1 aliphatic rings. The highest BCUT2D eigenvalue weighted by Crippen LogP contribution is 2.38. The first-order chi connectivity index (χ1) is 20.4. The molecule has 0 saturated heterocycles. The van der Waals surface area contributed by atoms with Crippen molar-refractivity contribution in [3.8, 4) is 11.5 Å². The van der Waals surface area contributed by atoms with Crippen molar-refractivity contribution in [2.75, 3.05) is 24.4 Å². The Labute approximate surface area is 251 Å². The number of methoxy groups -OCH3 is 2. The summed E-state index contributed by atoms with van der Waals surface area (Å²) in [7, 11) is 3.05. The third kappa shape index (κ3) is 8.22. The molecule has 0 spiro atoms. The molecule has 0 bridgehead atoms. The second-order valence-electron chi connectivity index (χ2n) is 10.2. The zero-order chi connectivity index (χ0) is 29.9. The van der Waals surface area contributed by atoms with E-state index in [4.69, 9.17) is 21.1 Å². The first kappa shape index (κ1) is 30.8. The molecule has 4 rings (SSSR count). The Kier molecular flexibility index (Phi) is 11.2. The molecule has 9 nitrogen and oxygen atoms in total. The molecule has 3 aromatic rings. The molecule has 1 heterocycles. The van der Waals surface area contributed by atoms with Gasteiger partial charge in [-0.2, -0.15) is 0 Å². The van der Waals surface area contributed by atoms with Gasteiger partial charge in [-0.25, -0.2) is 4.98 Å². The van der Waals surface area contributed by atoms with Gasteiger partial charge < -0.3 is 20.1 Å². The SMILES string of the molecule is COc1ccc(N(C(=O)CCCC(=O)Nc2ccccn2)[C@H](C(=O)NC2CCCCC2)c2ccc(Cl)cc2)c(OC)c1. The number of pyridine rings is 1.